The molecule has 0 saturated heterocycles. The molecule has 2 aromatic rings. The van der Waals surface area contributed by atoms with Crippen LogP contribution in [0.3, 0.4) is 0 Å². The van der Waals surface area contributed by atoms with Crippen molar-refractivity contribution in [2.45, 2.75) is 13.0 Å². The molecule has 1 atom stereocenters. The van der Waals surface area contributed by atoms with Crippen LogP contribution in [0.1, 0.15) is 6.92 Å². The van der Waals surface area contributed by atoms with Crippen LogP contribution in [0, 0.1) is 0 Å². The van der Waals surface area contributed by atoms with Gasteiger partial charge in [0.1, 0.15) is 24.2 Å². The van der Waals surface area contributed by atoms with Gasteiger partial charge in [0, 0.05) is 13.3 Å². The molecule has 0 saturated carbocycles. The lowest BCUT2D eigenvalue weighted by Crippen LogP contribution is -2.32. The molecule has 1 heterocycles. The van der Waals surface area contributed by atoms with Crippen LogP contribution in [0.2, 0.25) is 5.02 Å². The van der Waals surface area contributed by atoms with Gasteiger partial charge in [-0.05, 0) is 31.2 Å². The Hall–Kier alpha value is -2.31. The fraction of sp³-hybridized carbons (Fsp3) is 0.294. The molecule has 2 N–H and O–H groups in total. The predicted molar refractivity (Wildman–Crippen MR) is 94.8 cm³/mol. The summed E-state index contributed by atoms with van der Waals surface area (Å²) in [5, 5.41) is 6.38. The molecule has 0 radical (unpaired) electrons. The van der Waals surface area contributed by atoms with Crippen LogP contribution in [0.25, 0.3) is 0 Å². The van der Waals surface area contributed by atoms with Gasteiger partial charge >= 0.3 is 0 Å². The van der Waals surface area contributed by atoms with Gasteiger partial charge < -0.3 is 20.1 Å². The fourth-order valence-electron chi connectivity index (χ4n) is 1.93. The third-order valence-electron chi connectivity index (χ3n) is 3.18. The second-order valence-corrected chi connectivity index (χ2v) is 5.49. The van der Waals surface area contributed by atoms with Crippen molar-refractivity contribution in [3.63, 3.8) is 0 Å². The molecule has 1 aromatic heterocycles. The Morgan fingerprint density at radius 2 is 2.04 bits per heavy atom. The maximum atomic E-state index is 12.3. The number of para-hydroxylation sites is 2. The van der Waals surface area contributed by atoms with Crippen molar-refractivity contribution in [3.05, 3.63) is 47.6 Å². The molecule has 128 valence electrons. The van der Waals surface area contributed by atoms with E-state index in [9.17, 15) is 4.79 Å². The summed E-state index contributed by atoms with van der Waals surface area (Å²) in [6.07, 6.45) is 1.48. The van der Waals surface area contributed by atoms with Crippen molar-refractivity contribution in [3.8, 4) is 5.75 Å². The van der Waals surface area contributed by atoms with Gasteiger partial charge in [-0.3, -0.25) is 4.79 Å². The molecular formula is C17H20ClN3O3. The monoisotopic (exact) mass is 349 g/mol. The van der Waals surface area contributed by atoms with Crippen LogP contribution in [0.5, 0.6) is 5.75 Å². The van der Waals surface area contributed by atoms with E-state index in [0.717, 1.165) is 5.69 Å². The minimum atomic E-state index is -0.477. The smallest absolute Gasteiger partial charge is 0.247 e. The quantitative estimate of drug-likeness (QED) is 0.716. The van der Waals surface area contributed by atoms with Crippen LogP contribution in [0.15, 0.2) is 42.6 Å². The number of carbonyl (C=O) groups is 1. The number of carbonyl (C=O) groups excluding carboxylic acids is 1. The largest absolute Gasteiger partial charge is 0.489 e. The number of aromatic nitrogens is 1. The summed E-state index contributed by atoms with van der Waals surface area (Å²) < 4.78 is 10.6. The van der Waals surface area contributed by atoms with Crippen molar-refractivity contribution in [2.24, 2.45) is 0 Å². The van der Waals surface area contributed by atoms with Gasteiger partial charge in [0.2, 0.25) is 5.91 Å². The number of amides is 1. The van der Waals surface area contributed by atoms with Crippen LogP contribution >= 0.6 is 11.6 Å². The van der Waals surface area contributed by atoms with E-state index in [1.54, 1.807) is 26.2 Å². The van der Waals surface area contributed by atoms with Gasteiger partial charge in [0.15, 0.2) is 0 Å². The highest BCUT2D eigenvalue weighted by molar-refractivity contribution is 6.30. The van der Waals surface area contributed by atoms with Crippen LogP contribution in [0.4, 0.5) is 11.5 Å². The number of hydrogen-bond donors (Lipinski definition) is 2. The number of anilines is 2. The third kappa shape index (κ3) is 5.40. The van der Waals surface area contributed by atoms with Crippen LogP contribution in [-0.4, -0.2) is 37.3 Å². The summed E-state index contributed by atoms with van der Waals surface area (Å²) in [6, 6.07) is 10.3. The van der Waals surface area contributed by atoms with Crippen molar-refractivity contribution in [1.82, 2.24) is 4.98 Å². The number of rotatable bonds is 8. The molecular weight excluding hydrogens is 330 g/mol. The average molecular weight is 350 g/mol. The van der Waals surface area contributed by atoms with Gasteiger partial charge in [-0.25, -0.2) is 4.98 Å². The molecule has 1 aromatic carbocycles. The molecule has 0 unspecified atom stereocenters. The first-order valence-electron chi connectivity index (χ1n) is 7.50. The van der Waals surface area contributed by atoms with Gasteiger partial charge in [0.25, 0.3) is 0 Å². The normalized spacial score (nSPS) is 11.6. The van der Waals surface area contributed by atoms with Crippen LogP contribution < -0.4 is 15.4 Å². The molecule has 0 aliphatic heterocycles. The zero-order valence-electron chi connectivity index (χ0n) is 13.6. The Morgan fingerprint density at radius 3 is 2.75 bits per heavy atom. The van der Waals surface area contributed by atoms with Gasteiger partial charge in [-0.2, -0.15) is 0 Å². The second-order valence-electron chi connectivity index (χ2n) is 5.05. The fourth-order valence-corrected chi connectivity index (χ4v) is 2.04. The Balaban J connectivity index is 1.96. The molecule has 0 fully saturated rings. The molecule has 0 aliphatic rings. The molecule has 0 spiro atoms. The van der Waals surface area contributed by atoms with E-state index in [1.165, 1.54) is 6.20 Å². The highest BCUT2D eigenvalue weighted by atomic mass is 35.5. The molecule has 1 amide bonds. The Labute approximate surface area is 146 Å². The SMILES string of the molecule is COCCOc1ccccc1N[C@@H](C)C(=O)Nc1ccc(Cl)cn1. The first-order valence-corrected chi connectivity index (χ1v) is 7.87. The summed E-state index contributed by atoms with van der Waals surface area (Å²) >= 11 is 5.78. The Morgan fingerprint density at radius 1 is 1.25 bits per heavy atom. The number of pyridine rings is 1. The van der Waals surface area contributed by atoms with E-state index in [2.05, 4.69) is 15.6 Å². The molecule has 0 bridgehead atoms. The van der Waals surface area contributed by atoms with Gasteiger partial charge in [0.05, 0.1) is 17.3 Å². The maximum absolute atomic E-state index is 12.3. The zero-order valence-corrected chi connectivity index (χ0v) is 14.3. The van der Waals surface area contributed by atoms with Crippen molar-refractivity contribution in [1.29, 1.82) is 0 Å². The highest BCUT2D eigenvalue weighted by Gasteiger charge is 2.15. The highest BCUT2D eigenvalue weighted by Crippen LogP contribution is 2.24. The lowest BCUT2D eigenvalue weighted by Gasteiger charge is -2.18. The molecule has 7 heteroatoms. The molecule has 6 nitrogen and oxygen atoms in total. The van der Waals surface area contributed by atoms with Gasteiger partial charge in [-0.1, -0.05) is 23.7 Å². The Kier molecular flexibility index (Phi) is 6.84. The minimum Gasteiger partial charge on any atom is -0.489 e. The number of halogens is 1. The topological polar surface area (TPSA) is 72.5 Å². The van der Waals surface area contributed by atoms with Crippen molar-refractivity contribution in [2.75, 3.05) is 31.0 Å². The van der Waals surface area contributed by atoms with E-state index < -0.39 is 6.04 Å². The lowest BCUT2D eigenvalue weighted by molar-refractivity contribution is -0.116. The third-order valence-corrected chi connectivity index (χ3v) is 3.40. The number of ether oxygens (including phenoxy) is 2. The predicted octanol–water partition coefficient (Wildman–Crippen LogP) is 3.20. The van der Waals surface area contributed by atoms with E-state index >= 15 is 0 Å². The Bertz CT molecular complexity index is 664. The number of benzene rings is 1. The average Bonchev–Trinajstić information content (AvgIpc) is 2.58. The summed E-state index contributed by atoms with van der Waals surface area (Å²) in [7, 11) is 1.62. The summed E-state index contributed by atoms with van der Waals surface area (Å²) in [4.78, 5) is 16.3. The van der Waals surface area contributed by atoms with Gasteiger partial charge in [-0.15, -0.1) is 0 Å². The number of nitrogens with one attached hydrogen (secondary N) is 2. The van der Waals surface area contributed by atoms with E-state index in [0.29, 0.717) is 29.8 Å². The lowest BCUT2D eigenvalue weighted by atomic mass is 10.2. The first-order chi connectivity index (χ1) is 11.6. The van der Waals surface area contributed by atoms with Crippen molar-refractivity contribution >= 4 is 29.0 Å². The number of methoxy groups -OCH3 is 1. The first kappa shape index (κ1) is 18.0. The summed E-state index contributed by atoms with van der Waals surface area (Å²) in [5.41, 5.74) is 0.736. The van der Waals surface area contributed by atoms with Crippen molar-refractivity contribution < 1.29 is 14.3 Å². The summed E-state index contributed by atoms with van der Waals surface area (Å²) in [5.74, 6) is 0.901. The molecule has 24 heavy (non-hydrogen) atoms. The molecule has 2 rings (SSSR count). The van der Waals surface area contributed by atoms with E-state index in [1.807, 2.05) is 24.3 Å². The van der Waals surface area contributed by atoms with Crippen LogP contribution in [-0.2, 0) is 9.53 Å². The molecule has 0 aliphatic carbocycles. The zero-order chi connectivity index (χ0) is 17.4. The minimum absolute atomic E-state index is 0.212. The number of nitrogens with zero attached hydrogens (tertiary/aromatic N) is 1. The van der Waals surface area contributed by atoms with E-state index in [4.69, 9.17) is 21.1 Å². The number of hydrogen-bond acceptors (Lipinski definition) is 5. The maximum Gasteiger partial charge on any atom is 0.247 e. The second kappa shape index (κ2) is 9.10. The van der Waals surface area contributed by atoms with E-state index in [-0.39, 0.29) is 5.91 Å². The summed E-state index contributed by atoms with van der Waals surface area (Å²) in [6.45, 7) is 2.69. The standard InChI is InChI=1S/C17H20ClN3O3/c1-12(17(22)21-16-8-7-13(18)11-19-16)20-14-5-3-4-6-15(14)24-10-9-23-2/h3-8,11-12,20H,9-10H2,1-2H3,(H,19,21,22)/t12-/m0/s1.